The lowest BCUT2D eigenvalue weighted by Crippen LogP contribution is -2.49. The Hall–Kier alpha value is -1.18. The lowest BCUT2D eigenvalue weighted by Gasteiger charge is -2.36. The summed E-state index contributed by atoms with van der Waals surface area (Å²) in [6.07, 6.45) is 5.06. The molecule has 0 bridgehead atoms. The van der Waals surface area contributed by atoms with Gasteiger partial charge in [0.2, 0.25) is 0 Å². The fourth-order valence-corrected chi connectivity index (χ4v) is 5.47. The molecule has 128 valence electrons. The van der Waals surface area contributed by atoms with E-state index in [1.165, 1.54) is 0 Å². The molecule has 3 atom stereocenters. The standard InChI is InChI=1S/C16H25N3O3S/c1-13-8-14(2)11-19(10-13)23(20,21)18-7-5-16(12-18)22-15-4-3-6-17-9-15/h3-4,6,9,13-14,16H,5,7-8,10-12H2,1-2H3/t13-,14-,16-/m1/s1. The van der Waals surface area contributed by atoms with Gasteiger partial charge in [0, 0.05) is 25.8 Å². The van der Waals surface area contributed by atoms with E-state index in [1.54, 1.807) is 21.0 Å². The molecule has 1 aromatic heterocycles. The Labute approximate surface area is 138 Å². The van der Waals surface area contributed by atoms with Crippen LogP contribution in [0, 0.1) is 11.8 Å². The third-order valence-corrected chi connectivity index (χ3v) is 6.47. The zero-order valence-corrected chi connectivity index (χ0v) is 14.6. The molecule has 0 aromatic carbocycles. The molecule has 2 aliphatic heterocycles. The van der Waals surface area contributed by atoms with Gasteiger partial charge in [-0.1, -0.05) is 13.8 Å². The lowest BCUT2D eigenvalue weighted by molar-refractivity contribution is 0.199. The summed E-state index contributed by atoms with van der Waals surface area (Å²) in [7, 11) is -3.38. The molecule has 23 heavy (non-hydrogen) atoms. The minimum absolute atomic E-state index is 0.103. The van der Waals surface area contributed by atoms with Gasteiger partial charge in [-0.05, 0) is 36.8 Å². The summed E-state index contributed by atoms with van der Waals surface area (Å²) in [6, 6.07) is 3.66. The molecule has 0 N–H and O–H groups in total. The monoisotopic (exact) mass is 339 g/mol. The highest BCUT2D eigenvalue weighted by Crippen LogP contribution is 2.27. The molecule has 0 spiro atoms. The van der Waals surface area contributed by atoms with E-state index in [0.29, 0.717) is 50.2 Å². The van der Waals surface area contributed by atoms with E-state index in [4.69, 9.17) is 4.74 Å². The van der Waals surface area contributed by atoms with Crippen LogP contribution in [0.3, 0.4) is 0 Å². The van der Waals surface area contributed by atoms with Crippen LogP contribution in [-0.4, -0.2) is 54.3 Å². The zero-order chi connectivity index (χ0) is 16.4. The minimum atomic E-state index is -3.38. The summed E-state index contributed by atoms with van der Waals surface area (Å²) in [5.41, 5.74) is 0. The van der Waals surface area contributed by atoms with Crippen molar-refractivity contribution in [3.63, 3.8) is 0 Å². The highest BCUT2D eigenvalue weighted by atomic mass is 32.2. The highest BCUT2D eigenvalue weighted by Gasteiger charge is 2.39. The third-order valence-electron chi connectivity index (χ3n) is 4.53. The Balaban J connectivity index is 1.63. The average Bonchev–Trinajstić information content (AvgIpc) is 2.96. The van der Waals surface area contributed by atoms with Crippen LogP contribution in [0.5, 0.6) is 5.75 Å². The number of hydrogen-bond acceptors (Lipinski definition) is 4. The Morgan fingerprint density at radius 3 is 2.57 bits per heavy atom. The van der Waals surface area contributed by atoms with E-state index in [-0.39, 0.29) is 6.10 Å². The molecule has 1 aromatic rings. The summed E-state index contributed by atoms with van der Waals surface area (Å²) in [4.78, 5) is 4.02. The first-order valence-corrected chi connectivity index (χ1v) is 9.66. The summed E-state index contributed by atoms with van der Waals surface area (Å²) in [6.45, 7) is 6.42. The molecule has 2 saturated heterocycles. The van der Waals surface area contributed by atoms with Crippen LogP contribution in [0.1, 0.15) is 26.7 Å². The topological polar surface area (TPSA) is 62.7 Å². The van der Waals surface area contributed by atoms with Gasteiger partial charge in [0.05, 0.1) is 12.7 Å². The molecule has 2 fully saturated rings. The molecule has 7 heteroatoms. The van der Waals surface area contributed by atoms with Gasteiger partial charge in [0.1, 0.15) is 11.9 Å². The van der Waals surface area contributed by atoms with Crippen molar-refractivity contribution >= 4 is 10.2 Å². The van der Waals surface area contributed by atoms with Gasteiger partial charge in [-0.3, -0.25) is 4.98 Å². The SMILES string of the molecule is C[C@@H]1C[C@@H](C)CN(S(=O)(=O)N2CC[C@@H](Oc3cccnc3)C2)C1. The Bertz CT molecular complexity index is 613. The molecule has 3 heterocycles. The van der Waals surface area contributed by atoms with E-state index >= 15 is 0 Å². The largest absolute Gasteiger partial charge is 0.487 e. The summed E-state index contributed by atoms with van der Waals surface area (Å²) < 4.78 is 34.8. The van der Waals surface area contributed by atoms with E-state index in [1.807, 2.05) is 12.1 Å². The number of ether oxygens (including phenoxy) is 1. The second kappa shape index (κ2) is 6.75. The van der Waals surface area contributed by atoms with Gasteiger partial charge < -0.3 is 4.74 Å². The van der Waals surface area contributed by atoms with Crippen LogP contribution in [0.2, 0.25) is 0 Å². The molecule has 0 amide bonds. The van der Waals surface area contributed by atoms with E-state index in [9.17, 15) is 8.42 Å². The number of nitrogens with zero attached hydrogens (tertiary/aromatic N) is 3. The van der Waals surface area contributed by atoms with Gasteiger partial charge >= 0.3 is 0 Å². The fraction of sp³-hybridized carbons (Fsp3) is 0.688. The molecule has 3 rings (SSSR count). The maximum absolute atomic E-state index is 12.9. The molecular formula is C16H25N3O3S. The molecular weight excluding hydrogens is 314 g/mol. The molecule has 6 nitrogen and oxygen atoms in total. The maximum Gasteiger partial charge on any atom is 0.282 e. The number of hydrogen-bond donors (Lipinski definition) is 0. The minimum Gasteiger partial charge on any atom is -0.487 e. The molecule has 2 aliphatic rings. The second-order valence-corrected chi connectivity index (χ2v) is 8.77. The van der Waals surface area contributed by atoms with Crippen LogP contribution in [0.4, 0.5) is 0 Å². The quantitative estimate of drug-likeness (QED) is 0.838. The zero-order valence-electron chi connectivity index (χ0n) is 13.8. The van der Waals surface area contributed by atoms with Crippen LogP contribution in [-0.2, 0) is 10.2 Å². The predicted molar refractivity (Wildman–Crippen MR) is 88.3 cm³/mol. The third kappa shape index (κ3) is 3.84. The van der Waals surface area contributed by atoms with Crippen molar-refractivity contribution in [2.45, 2.75) is 32.8 Å². The normalized spacial score (nSPS) is 30.4. The van der Waals surface area contributed by atoms with Gasteiger partial charge in [0.15, 0.2) is 0 Å². The first-order chi connectivity index (χ1) is 10.9. The number of pyridine rings is 1. The molecule has 0 radical (unpaired) electrons. The van der Waals surface area contributed by atoms with Gasteiger partial charge in [0.25, 0.3) is 10.2 Å². The summed E-state index contributed by atoms with van der Waals surface area (Å²) in [5, 5.41) is 0. The van der Waals surface area contributed by atoms with E-state index in [2.05, 4.69) is 18.8 Å². The second-order valence-electron chi connectivity index (χ2n) is 6.85. The van der Waals surface area contributed by atoms with Gasteiger partial charge in [-0.15, -0.1) is 0 Å². The van der Waals surface area contributed by atoms with Crippen molar-refractivity contribution in [3.05, 3.63) is 24.5 Å². The Morgan fingerprint density at radius 1 is 1.17 bits per heavy atom. The van der Waals surface area contributed by atoms with Crippen LogP contribution in [0.25, 0.3) is 0 Å². The fourth-order valence-electron chi connectivity index (χ4n) is 3.57. The smallest absolute Gasteiger partial charge is 0.282 e. The van der Waals surface area contributed by atoms with Crippen LogP contribution < -0.4 is 4.74 Å². The Morgan fingerprint density at radius 2 is 1.91 bits per heavy atom. The van der Waals surface area contributed by atoms with Crippen molar-refractivity contribution in [1.82, 2.24) is 13.6 Å². The number of rotatable bonds is 4. The molecule has 0 saturated carbocycles. The van der Waals surface area contributed by atoms with E-state index in [0.717, 1.165) is 6.42 Å². The lowest BCUT2D eigenvalue weighted by atomic mass is 9.94. The van der Waals surface area contributed by atoms with Crippen molar-refractivity contribution in [3.8, 4) is 5.75 Å². The Kier molecular flexibility index (Phi) is 4.89. The molecule has 0 aliphatic carbocycles. The first-order valence-electron chi connectivity index (χ1n) is 8.27. The number of aromatic nitrogens is 1. The van der Waals surface area contributed by atoms with Crippen LogP contribution >= 0.6 is 0 Å². The maximum atomic E-state index is 12.9. The van der Waals surface area contributed by atoms with Crippen molar-refractivity contribution < 1.29 is 13.2 Å². The van der Waals surface area contributed by atoms with Crippen molar-refractivity contribution in [2.24, 2.45) is 11.8 Å². The van der Waals surface area contributed by atoms with Crippen LogP contribution in [0.15, 0.2) is 24.5 Å². The van der Waals surface area contributed by atoms with Crippen molar-refractivity contribution in [1.29, 1.82) is 0 Å². The first kappa shape index (κ1) is 16.7. The van der Waals surface area contributed by atoms with Gasteiger partial charge in [-0.25, -0.2) is 0 Å². The summed E-state index contributed by atoms with van der Waals surface area (Å²) in [5.74, 6) is 1.52. The molecule has 0 unspecified atom stereocenters. The summed E-state index contributed by atoms with van der Waals surface area (Å²) >= 11 is 0. The van der Waals surface area contributed by atoms with Gasteiger partial charge in [-0.2, -0.15) is 17.0 Å². The predicted octanol–water partition coefficient (Wildman–Crippen LogP) is 1.76. The number of piperidine rings is 1. The highest BCUT2D eigenvalue weighted by molar-refractivity contribution is 7.86. The van der Waals surface area contributed by atoms with E-state index < -0.39 is 10.2 Å². The average molecular weight is 339 g/mol. The van der Waals surface area contributed by atoms with Crippen molar-refractivity contribution in [2.75, 3.05) is 26.2 Å².